The van der Waals surface area contributed by atoms with Gasteiger partial charge >= 0.3 is 6.18 Å². The summed E-state index contributed by atoms with van der Waals surface area (Å²) in [5, 5.41) is 2.05. The summed E-state index contributed by atoms with van der Waals surface area (Å²) in [6.07, 6.45) is -2.99. The molecule has 3 aromatic rings. The van der Waals surface area contributed by atoms with Crippen molar-refractivity contribution < 1.29 is 22.8 Å². The summed E-state index contributed by atoms with van der Waals surface area (Å²) in [6, 6.07) is 15.5. The fourth-order valence-corrected chi connectivity index (χ4v) is 5.95. The van der Waals surface area contributed by atoms with E-state index in [1.165, 1.54) is 10.9 Å². The minimum atomic E-state index is -4.42. The summed E-state index contributed by atoms with van der Waals surface area (Å²) >= 11 is 1.70. The van der Waals surface area contributed by atoms with Crippen LogP contribution in [0.25, 0.3) is 0 Å². The maximum absolute atomic E-state index is 13.3. The Labute approximate surface area is 206 Å². The number of carbonyl (C=O) groups excluding carboxylic acids is 2. The molecule has 0 bridgehead atoms. The summed E-state index contributed by atoms with van der Waals surface area (Å²) in [7, 11) is 0. The van der Waals surface area contributed by atoms with Gasteiger partial charge in [0, 0.05) is 37.4 Å². The smallest absolute Gasteiger partial charge is 0.338 e. The van der Waals surface area contributed by atoms with Gasteiger partial charge in [-0.2, -0.15) is 13.2 Å². The van der Waals surface area contributed by atoms with Crippen molar-refractivity contribution in [2.45, 2.75) is 44.4 Å². The Morgan fingerprint density at radius 2 is 1.69 bits per heavy atom. The number of halogens is 3. The number of amides is 2. The highest BCUT2D eigenvalue weighted by Crippen LogP contribution is 2.38. The fourth-order valence-electron chi connectivity index (χ4n) is 5.04. The van der Waals surface area contributed by atoms with E-state index in [9.17, 15) is 22.8 Å². The molecular formula is C27H25F3N2O2S. The zero-order valence-corrected chi connectivity index (χ0v) is 19.9. The summed E-state index contributed by atoms with van der Waals surface area (Å²) in [5.41, 5.74) is 2.84. The highest BCUT2D eigenvalue weighted by atomic mass is 32.1. The van der Waals surface area contributed by atoms with E-state index >= 15 is 0 Å². The predicted octanol–water partition coefficient (Wildman–Crippen LogP) is 5.61. The Bertz CT molecular complexity index is 1240. The van der Waals surface area contributed by atoms with Crippen molar-refractivity contribution in [2.75, 3.05) is 13.1 Å². The van der Waals surface area contributed by atoms with Crippen molar-refractivity contribution in [3.63, 3.8) is 0 Å². The van der Waals surface area contributed by atoms with Gasteiger partial charge in [0.2, 0.25) is 11.8 Å². The molecule has 182 valence electrons. The number of hydrogen-bond acceptors (Lipinski definition) is 3. The normalized spacial score (nSPS) is 17.6. The lowest BCUT2D eigenvalue weighted by molar-refractivity contribution is -0.139. The van der Waals surface area contributed by atoms with Gasteiger partial charge in [0.05, 0.1) is 11.6 Å². The van der Waals surface area contributed by atoms with Gasteiger partial charge in [-0.15, -0.1) is 11.3 Å². The molecule has 0 radical (unpaired) electrons. The van der Waals surface area contributed by atoms with Crippen molar-refractivity contribution >= 4 is 23.2 Å². The summed E-state index contributed by atoms with van der Waals surface area (Å²) in [4.78, 5) is 30.9. The number of benzene rings is 2. The number of alkyl halides is 3. The van der Waals surface area contributed by atoms with Crippen LogP contribution in [0.1, 0.15) is 51.6 Å². The Morgan fingerprint density at radius 3 is 2.46 bits per heavy atom. The summed E-state index contributed by atoms with van der Waals surface area (Å²) in [6.45, 7) is 1.18. The van der Waals surface area contributed by atoms with Crippen LogP contribution in [0, 0.1) is 0 Å². The quantitative estimate of drug-likeness (QED) is 0.470. The highest BCUT2D eigenvalue weighted by Gasteiger charge is 2.34. The van der Waals surface area contributed by atoms with Crippen LogP contribution in [0.15, 0.2) is 60.0 Å². The first kappa shape index (κ1) is 23.6. The molecule has 2 aliphatic heterocycles. The Kier molecular flexibility index (Phi) is 6.40. The lowest BCUT2D eigenvalue weighted by Crippen LogP contribution is -2.41. The van der Waals surface area contributed by atoms with E-state index in [1.54, 1.807) is 16.2 Å². The number of thiophene rings is 1. The molecule has 0 spiro atoms. The summed E-state index contributed by atoms with van der Waals surface area (Å²) < 4.78 is 39.3. The standard InChI is InChI=1S/C27H25F3N2O2S/c28-27(29,30)21-7-6-18-10-13-31(17-20(18)16-21)24(33)8-9-25(34)32-14-11-23-22(12-15-35-23)26(32)19-4-2-1-3-5-19/h1-7,12,15-16,26H,8-11,13-14,17H2. The first-order valence-corrected chi connectivity index (χ1v) is 12.6. The number of hydrogen-bond donors (Lipinski definition) is 0. The second-order valence-electron chi connectivity index (χ2n) is 9.00. The Balaban J connectivity index is 1.26. The molecular weight excluding hydrogens is 473 g/mol. The van der Waals surface area contributed by atoms with Gasteiger partial charge in [-0.05, 0) is 58.7 Å². The lowest BCUT2D eigenvalue weighted by Gasteiger charge is -2.36. The third-order valence-corrected chi connectivity index (χ3v) is 7.85. The molecule has 2 aliphatic rings. The molecule has 8 heteroatoms. The molecule has 4 nitrogen and oxygen atoms in total. The summed E-state index contributed by atoms with van der Waals surface area (Å²) in [5.74, 6) is -0.285. The van der Waals surface area contributed by atoms with Crippen molar-refractivity contribution in [1.82, 2.24) is 9.80 Å². The average molecular weight is 499 g/mol. The lowest BCUT2D eigenvalue weighted by atomic mass is 9.93. The van der Waals surface area contributed by atoms with Crippen LogP contribution in [0.3, 0.4) is 0 Å². The fraction of sp³-hybridized carbons (Fsp3) is 0.333. The maximum atomic E-state index is 13.3. The molecule has 1 atom stereocenters. The van der Waals surface area contributed by atoms with E-state index in [0.29, 0.717) is 25.1 Å². The molecule has 3 heterocycles. The largest absolute Gasteiger partial charge is 0.416 e. The second kappa shape index (κ2) is 9.49. The first-order chi connectivity index (χ1) is 16.8. The Morgan fingerprint density at radius 1 is 0.914 bits per heavy atom. The van der Waals surface area contributed by atoms with Crippen LogP contribution in [0.2, 0.25) is 0 Å². The van der Waals surface area contributed by atoms with Crippen molar-refractivity contribution in [1.29, 1.82) is 0 Å². The molecule has 0 saturated carbocycles. The van der Waals surface area contributed by atoms with Gasteiger partial charge < -0.3 is 9.80 Å². The van der Waals surface area contributed by atoms with Gasteiger partial charge in [-0.25, -0.2) is 0 Å². The zero-order chi connectivity index (χ0) is 24.6. The van der Waals surface area contributed by atoms with Crippen LogP contribution in [0.5, 0.6) is 0 Å². The second-order valence-corrected chi connectivity index (χ2v) is 10.00. The van der Waals surface area contributed by atoms with Gasteiger partial charge in [0.25, 0.3) is 0 Å². The van der Waals surface area contributed by atoms with Crippen LogP contribution < -0.4 is 0 Å². The number of fused-ring (bicyclic) bond motifs is 2. The molecule has 1 unspecified atom stereocenters. The minimum absolute atomic E-state index is 0.0433. The molecule has 2 aromatic carbocycles. The van der Waals surface area contributed by atoms with E-state index < -0.39 is 11.7 Å². The van der Waals surface area contributed by atoms with Crippen molar-refractivity contribution in [3.05, 3.63) is 92.7 Å². The number of rotatable bonds is 4. The van der Waals surface area contributed by atoms with Crippen molar-refractivity contribution in [3.8, 4) is 0 Å². The van der Waals surface area contributed by atoms with E-state index in [4.69, 9.17) is 0 Å². The monoisotopic (exact) mass is 498 g/mol. The van der Waals surface area contributed by atoms with Gasteiger partial charge in [0.15, 0.2) is 0 Å². The molecule has 1 aromatic heterocycles. The highest BCUT2D eigenvalue weighted by molar-refractivity contribution is 7.10. The third-order valence-electron chi connectivity index (χ3n) is 6.85. The Hall–Kier alpha value is -3.13. The van der Waals surface area contributed by atoms with Gasteiger partial charge in [-0.3, -0.25) is 9.59 Å². The van der Waals surface area contributed by atoms with E-state index in [2.05, 4.69) is 11.4 Å². The van der Waals surface area contributed by atoms with Crippen LogP contribution in [0.4, 0.5) is 13.2 Å². The molecule has 2 amide bonds. The van der Waals surface area contributed by atoms with E-state index in [-0.39, 0.29) is 37.2 Å². The SMILES string of the molecule is O=C(CCC(=O)N1CCc2sccc2C1c1ccccc1)N1CCc2ccc(C(F)(F)F)cc2C1. The van der Waals surface area contributed by atoms with Crippen LogP contribution in [-0.2, 0) is 35.2 Å². The van der Waals surface area contributed by atoms with Gasteiger partial charge in [-0.1, -0.05) is 36.4 Å². The number of nitrogens with zero attached hydrogens (tertiary/aromatic N) is 2. The molecule has 35 heavy (non-hydrogen) atoms. The minimum Gasteiger partial charge on any atom is -0.338 e. The topological polar surface area (TPSA) is 40.6 Å². The predicted molar refractivity (Wildman–Crippen MR) is 128 cm³/mol. The van der Waals surface area contributed by atoms with Crippen LogP contribution >= 0.6 is 11.3 Å². The average Bonchev–Trinajstić information content (AvgIpc) is 3.34. The van der Waals surface area contributed by atoms with Crippen LogP contribution in [-0.4, -0.2) is 34.7 Å². The third kappa shape index (κ3) is 4.85. The number of carbonyl (C=O) groups is 2. The molecule has 0 saturated heterocycles. The molecule has 0 fully saturated rings. The first-order valence-electron chi connectivity index (χ1n) is 11.7. The van der Waals surface area contributed by atoms with Crippen molar-refractivity contribution in [2.24, 2.45) is 0 Å². The van der Waals surface area contributed by atoms with Gasteiger partial charge in [0.1, 0.15) is 0 Å². The molecule has 0 aliphatic carbocycles. The van der Waals surface area contributed by atoms with E-state index in [1.807, 2.05) is 35.2 Å². The molecule has 0 N–H and O–H groups in total. The zero-order valence-electron chi connectivity index (χ0n) is 19.1. The molecule has 5 rings (SSSR count). The maximum Gasteiger partial charge on any atom is 0.416 e. The van der Waals surface area contributed by atoms with E-state index in [0.717, 1.165) is 35.2 Å².